The molecule has 1 N–H and O–H groups in total. The molecule has 0 aromatic heterocycles. The number of alkyl carbamates (subject to hydrolysis) is 1. The number of likely N-dealkylation sites (tertiary alicyclic amines) is 1. The fraction of sp³-hybridized carbons (Fsp3) is 0.846. The van der Waals surface area contributed by atoms with Crippen LogP contribution >= 0.6 is 0 Å². The van der Waals surface area contributed by atoms with Gasteiger partial charge in [0.15, 0.2) is 0 Å². The van der Waals surface area contributed by atoms with E-state index in [0.717, 1.165) is 0 Å². The first kappa shape index (κ1) is 15.8. The second-order valence-corrected chi connectivity index (χ2v) is 5.58. The molecule has 0 aromatic carbocycles. The standard InChI is InChI=1S/C13H24N2O4/c1-5-18-7-6-15-9-10(8-11(15)16)14-12(17)19-13(2,3)4/h10H,5-9H2,1-4H3,(H,14,17)/t10-/m0/s1. The van der Waals surface area contributed by atoms with Gasteiger partial charge in [0.1, 0.15) is 5.60 Å². The van der Waals surface area contributed by atoms with E-state index >= 15 is 0 Å². The molecule has 0 saturated carbocycles. The van der Waals surface area contributed by atoms with E-state index in [1.807, 2.05) is 6.92 Å². The van der Waals surface area contributed by atoms with Crippen LogP contribution in [0.4, 0.5) is 4.79 Å². The van der Waals surface area contributed by atoms with Crippen LogP contribution in [0.25, 0.3) is 0 Å². The van der Waals surface area contributed by atoms with E-state index < -0.39 is 11.7 Å². The van der Waals surface area contributed by atoms with Crippen LogP contribution in [0.2, 0.25) is 0 Å². The predicted octanol–water partition coefficient (Wildman–Crippen LogP) is 1.15. The molecule has 110 valence electrons. The maximum absolute atomic E-state index is 11.7. The lowest BCUT2D eigenvalue weighted by Gasteiger charge is -2.21. The van der Waals surface area contributed by atoms with E-state index in [4.69, 9.17) is 9.47 Å². The molecule has 0 unspecified atom stereocenters. The summed E-state index contributed by atoms with van der Waals surface area (Å²) >= 11 is 0. The Hall–Kier alpha value is -1.30. The van der Waals surface area contributed by atoms with Crippen molar-refractivity contribution in [3.8, 4) is 0 Å². The highest BCUT2D eigenvalue weighted by atomic mass is 16.6. The Morgan fingerprint density at radius 1 is 1.47 bits per heavy atom. The first-order chi connectivity index (χ1) is 8.81. The number of hydrogen-bond acceptors (Lipinski definition) is 4. The van der Waals surface area contributed by atoms with Crippen molar-refractivity contribution in [2.75, 3.05) is 26.3 Å². The average molecular weight is 272 g/mol. The van der Waals surface area contributed by atoms with Gasteiger partial charge in [0.05, 0.1) is 12.6 Å². The van der Waals surface area contributed by atoms with E-state index in [9.17, 15) is 9.59 Å². The molecule has 2 amide bonds. The van der Waals surface area contributed by atoms with Crippen molar-refractivity contribution in [1.29, 1.82) is 0 Å². The topological polar surface area (TPSA) is 67.9 Å². The van der Waals surface area contributed by atoms with Crippen LogP contribution in [-0.2, 0) is 14.3 Å². The Morgan fingerprint density at radius 2 is 2.16 bits per heavy atom. The van der Waals surface area contributed by atoms with E-state index in [2.05, 4.69) is 5.32 Å². The number of carbonyl (C=O) groups is 2. The van der Waals surface area contributed by atoms with Gasteiger partial charge in [0, 0.05) is 26.1 Å². The molecule has 0 spiro atoms. The van der Waals surface area contributed by atoms with Crippen molar-refractivity contribution in [3.63, 3.8) is 0 Å². The molecule has 1 atom stereocenters. The Morgan fingerprint density at radius 3 is 2.74 bits per heavy atom. The Bertz CT molecular complexity index is 325. The van der Waals surface area contributed by atoms with Crippen LogP contribution in [0.15, 0.2) is 0 Å². The molecule has 6 nitrogen and oxygen atoms in total. The summed E-state index contributed by atoms with van der Waals surface area (Å²) in [7, 11) is 0. The fourth-order valence-electron chi connectivity index (χ4n) is 1.88. The summed E-state index contributed by atoms with van der Waals surface area (Å²) in [5, 5.41) is 2.72. The summed E-state index contributed by atoms with van der Waals surface area (Å²) in [6, 6.07) is -0.177. The molecule has 1 aliphatic heterocycles. The quantitative estimate of drug-likeness (QED) is 0.762. The van der Waals surface area contributed by atoms with Crippen LogP contribution in [0, 0.1) is 0 Å². The first-order valence-corrected chi connectivity index (χ1v) is 6.67. The van der Waals surface area contributed by atoms with Crippen LogP contribution < -0.4 is 5.32 Å². The van der Waals surface area contributed by atoms with Gasteiger partial charge < -0.3 is 19.7 Å². The molecule has 1 fully saturated rings. The van der Waals surface area contributed by atoms with Gasteiger partial charge in [0.25, 0.3) is 0 Å². The third kappa shape index (κ3) is 5.92. The van der Waals surface area contributed by atoms with Gasteiger partial charge in [-0.05, 0) is 27.7 Å². The van der Waals surface area contributed by atoms with Gasteiger partial charge in [0.2, 0.25) is 5.91 Å². The van der Waals surface area contributed by atoms with Crippen LogP contribution in [0.5, 0.6) is 0 Å². The molecule has 1 aliphatic rings. The van der Waals surface area contributed by atoms with Crippen molar-refractivity contribution >= 4 is 12.0 Å². The number of ether oxygens (including phenoxy) is 2. The van der Waals surface area contributed by atoms with Gasteiger partial charge in [-0.2, -0.15) is 0 Å². The number of nitrogens with one attached hydrogen (secondary N) is 1. The molecule has 1 saturated heterocycles. The minimum absolute atomic E-state index is 0.0424. The molecular formula is C13H24N2O4. The van der Waals surface area contributed by atoms with Gasteiger partial charge in [-0.3, -0.25) is 4.79 Å². The van der Waals surface area contributed by atoms with Gasteiger partial charge in [-0.25, -0.2) is 4.79 Å². The van der Waals surface area contributed by atoms with Gasteiger partial charge >= 0.3 is 6.09 Å². The minimum Gasteiger partial charge on any atom is -0.444 e. The zero-order chi connectivity index (χ0) is 14.5. The van der Waals surface area contributed by atoms with Crippen molar-refractivity contribution in [3.05, 3.63) is 0 Å². The monoisotopic (exact) mass is 272 g/mol. The minimum atomic E-state index is -0.526. The van der Waals surface area contributed by atoms with Gasteiger partial charge in [-0.1, -0.05) is 0 Å². The summed E-state index contributed by atoms with van der Waals surface area (Å²) in [5.41, 5.74) is -0.526. The number of amides is 2. The van der Waals surface area contributed by atoms with Crippen molar-refractivity contribution < 1.29 is 19.1 Å². The normalized spacial score (nSPS) is 19.7. The second kappa shape index (κ2) is 6.75. The average Bonchev–Trinajstić information content (AvgIpc) is 2.56. The Kier molecular flexibility index (Phi) is 5.60. The van der Waals surface area contributed by atoms with Crippen molar-refractivity contribution in [1.82, 2.24) is 10.2 Å². The lowest BCUT2D eigenvalue weighted by atomic mass is 10.2. The van der Waals surface area contributed by atoms with Crippen LogP contribution in [0.1, 0.15) is 34.1 Å². The molecule has 6 heteroatoms. The fourth-order valence-corrected chi connectivity index (χ4v) is 1.88. The number of nitrogens with zero attached hydrogens (tertiary/aromatic N) is 1. The van der Waals surface area contributed by atoms with Crippen molar-refractivity contribution in [2.24, 2.45) is 0 Å². The molecule has 0 aromatic rings. The Labute approximate surface area is 114 Å². The van der Waals surface area contributed by atoms with E-state index in [0.29, 0.717) is 32.7 Å². The summed E-state index contributed by atoms with van der Waals surface area (Å²) in [5.74, 6) is 0.0424. The molecule has 0 bridgehead atoms. The molecular weight excluding hydrogens is 248 g/mol. The Balaban J connectivity index is 2.34. The van der Waals surface area contributed by atoms with Crippen LogP contribution in [-0.4, -0.2) is 54.8 Å². The maximum Gasteiger partial charge on any atom is 0.407 e. The first-order valence-electron chi connectivity index (χ1n) is 6.67. The van der Waals surface area contributed by atoms with E-state index in [1.54, 1.807) is 25.7 Å². The summed E-state index contributed by atoms with van der Waals surface area (Å²) in [4.78, 5) is 25.0. The second-order valence-electron chi connectivity index (χ2n) is 5.58. The third-order valence-corrected chi connectivity index (χ3v) is 2.65. The summed E-state index contributed by atoms with van der Waals surface area (Å²) < 4.78 is 10.4. The molecule has 1 heterocycles. The number of hydrogen-bond donors (Lipinski definition) is 1. The molecule has 1 rings (SSSR count). The lowest BCUT2D eigenvalue weighted by molar-refractivity contribution is -0.128. The summed E-state index contributed by atoms with van der Waals surface area (Å²) in [6.45, 7) is 9.59. The highest BCUT2D eigenvalue weighted by Crippen LogP contribution is 2.12. The lowest BCUT2D eigenvalue weighted by Crippen LogP contribution is -2.40. The smallest absolute Gasteiger partial charge is 0.407 e. The van der Waals surface area contributed by atoms with Crippen molar-refractivity contribution in [2.45, 2.75) is 45.8 Å². The van der Waals surface area contributed by atoms with Crippen LogP contribution in [0.3, 0.4) is 0 Å². The highest BCUT2D eigenvalue weighted by molar-refractivity contribution is 5.80. The predicted molar refractivity (Wildman–Crippen MR) is 70.8 cm³/mol. The van der Waals surface area contributed by atoms with Gasteiger partial charge in [-0.15, -0.1) is 0 Å². The van der Waals surface area contributed by atoms with E-state index in [1.165, 1.54) is 0 Å². The highest BCUT2D eigenvalue weighted by Gasteiger charge is 2.31. The molecule has 0 radical (unpaired) electrons. The SMILES string of the molecule is CCOCCN1C[C@@H](NC(=O)OC(C)(C)C)CC1=O. The van der Waals surface area contributed by atoms with E-state index in [-0.39, 0.29) is 11.9 Å². The largest absolute Gasteiger partial charge is 0.444 e. The summed E-state index contributed by atoms with van der Waals surface area (Å²) in [6.07, 6.45) is -0.150. The zero-order valence-electron chi connectivity index (χ0n) is 12.2. The third-order valence-electron chi connectivity index (χ3n) is 2.65. The molecule has 0 aliphatic carbocycles. The zero-order valence-corrected chi connectivity index (χ0v) is 12.2. The molecule has 19 heavy (non-hydrogen) atoms. The number of carbonyl (C=O) groups excluding carboxylic acids is 2. The maximum atomic E-state index is 11.7. The number of rotatable bonds is 5.